The van der Waals surface area contributed by atoms with Gasteiger partial charge in [0.1, 0.15) is 0 Å². The van der Waals surface area contributed by atoms with Crippen molar-refractivity contribution in [2.24, 2.45) is 0 Å². The molecular weight excluding hydrogens is 210 g/mol. The highest BCUT2D eigenvalue weighted by Crippen LogP contribution is 2.35. The van der Waals surface area contributed by atoms with E-state index in [9.17, 15) is 5.11 Å². The number of rotatable bonds is 2. The molecule has 0 spiro atoms. The predicted octanol–water partition coefficient (Wildman–Crippen LogP) is 2.18. The van der Waals surface area contributed by atoms with E-state index >= 15 is 0 Å². The Hall–Kier alpha value is -0.860. The molecule has 17 heavy (non-hydrogen) atoms. The Morgan fingerprint density at radius 2 is 1.82 bits per heavy atom. The Kier molecular flexibility index (Phi) is 3.55. The van der Waals surface area contributed by atoms with E-state index in [-0.39, 0.29) is 12.0 Å². The summed E-state index contributed by atoms with van der Waals surface area (Å²) in [5.74, 6) is 0. The molecule has 0 aliphatic carbocycles. The lowest BCUT2D eigenvalue weighted by Crippen LogP contribution is -2.41. The van der Waals surface area contributed by atoms with Crippen LogP contribution in [0.15, 0.2) is 30.3 Å². The third-order valence-electron chi connectivity index (χ3n) is 4.30. The van der Waals surface area contributed by atoms with Crippen LogP contribution in [0.3, 0.4) is 0 Å². The average Bonchev–Trinajstić information content (AvgIpc) is 2.50. The van der Waals surface area contributed by atoms with E-state index < -0.39 is 0 Å². The number of quaternary nitrogens is 1. The molecular formula is C15H24NO+. The fourth-order valence-electron chi connectivity index (χ4n) is 2.93. The van der Waals surface area contributed by atoms with Gasteiger partial charge in [-0.25, -0.2) is 0 Å². The second-order valence-corrected chi connectivity index (χ2v) is 6.04. The summed E-state index contributed by atoms with van der Waals surface area (Å²) in [6, 6.07) is 10.5. The van der Waals surface area contributed by atoms with E-state index in [1.54, 1.807) is 0 Å². The van der Waals surface area contributed by atoms with Crippen molar-refractivity contribution in [3.05, 3.63) is 35.9 Å². The highest BCUT2D eigenvalue weighted by molar-refractivity contribution is 5.25. The molecule has 1 aliphatic heterocycles. The minimum Gasteiger partial charge on any atom is -0.395 e. The molecule has 0 amide bonds. The predicted molar refractivity (Wildman–Crippen MR) is 70.9 cm³/mol. The molecule has 1 atom stereocenters. The Bertz CT molecular complexity index is 360. The van der Waals surface area contributed by atoms with Crippen LogP contribution in [-0.2, 0) is 5.41 Å². The molecule has 0 bridgehead atoms. The zero-order valence-corrected chi connectivity index (χ0v) is 11.0. The zero-order chi connectivity index (χ0) is 12.4. The Labute approximate surface area is 104 Å². The van der Waals surface area contributed by atoms with Gasteiger partial charge < -0.3 is 9.59 Å². The van der Waals surface area contributed by atoms with Crippen LogP contribution in [0.2, 0.25) is 0 Å². The van der Waals surface area contributed by atoms with Crippen LogP contribution in [0.25, 0.3) is 0 Å². The lowest BCUT2D eigenvalue weighted by atomic mass is 9.75. The number of hydrogen-bond donors (Lipinski definition) is 1. The summed E-state index contributed by atoms with van der Waals surface area (Å²) in [7, 11) is 4.58. The van der Waals surface area contributed by atoms with Gasteiger partial charge in [0.05, 0.1) is 33.8 Å². The first-order chi connectivity index (χ1) is 8.08. The van der Waals surface area contributed by atoms with E-state index in [0.717, 1.165) is 23.9 Å². The van der Waals surface area contributed by atoms with Crippen LogP contribution in [0.4, 0.5) is 0 Å². The first kappa shape index (κ1) is 12.6. The number of aliphatic hydroxyl groups excluding tert-OH is 1. The van der Waals surface area contributed by atoms with Gasteiger partial charge in [0, 0.05) is 11.8 Å². The maximum Gasteiger partial charge on any atom is 0.0792 e. The molecule has 1 heterocycles. The molecule has 1 aromatic rings. The van der Waals surface area contributed by atoms with Crippen molar-refractivity contribution < 1.29 is 9.59 Å². The van der Waals surface area contributed by atoms with Crippen molar-refractivity contribution >= 4 is 0 Å². The van der Waals surface area contributed by atoms with Crippen LogP contribution in [0.5, 0.6) is 0 Å². The molecule has 1 saturated heterocycles. The van der Waals surface area contributed by atoms with Crippen LogP contribution in [-0.4, -0.2) is 43.4 Å². The molecule has 1 unspecified atom stereocenters. The standard InChI is InChI=1S/C15H24NO/c1-16(2)11-6-9-15(13-17,10-12-16)14-7-4-3-5-8-14/h3-5,7-8,17H,6,9-13H2,1-2H3/q+1. The summed E-state index contributed by atoms with van der Waals surface area (Å²) < 4.78 is 1.08. The summed E-state index contributed by atoms with van der Waals surface area (Å²) in [5, 5.41) is 9.88. The van der Waals surface area contributed by atoms with Crippen molar-refractivity contribution in [2.45, 2.75) is 24.7 Å². The Morgan fingerprint density at radius 1 is 1.12 bits per heavy atom. The van der Waals surface area contributed by atoms with Gasteiger partial charge in [0.2, 0.25) is 0 Å². The van der Waals surface area contributed by atoms with Gasteiger partial charge >= 0.3 is 0 Å². The van der Waals surface area contributed by atoms with Gasteiger partial charge in [0.25, 0.3) is 0 Å². The third-order valence-corrected chi connectivity index (χ3v) is 4.30. The van der Waals surface area contributed by atoms with Crippen molar-refractivity contribution in [2.75, 3.05) is 33.8 Å². The van der Waals surface area contributed by atoms with Crippen molar-refractivity contribution in [3.8, 4) is 0 Å². The lowest BCUT2D eigenvalue weighted by Gasteiger charge is -2.32. The quantitative estimate of drug-likeness (QED) is 0.778. The Morgan fingerprint density at radius 3 is 2.47 bits per heavy atom. The highest BCUT2D eigenvalue weighted by atomic mass is 16.3. The summed E-state index contributed by atoms with van der Waals surface area (Å²) >= 11 is 0. The van der Waals surface area contributed by atoms with E-state index in [1.165, 1.54) is 18.5 Å². The summed E-state index contributed by atoms with van der Waals surface area (Å²) in [5.41, 5.74) is 1.30. The molecule has 2 nitrogen and oxygen atoms in total. The Balaban J connectivity index is 2.26. The largest absolute Gasteiger partial charge is 0.395 e. The van der Waals surface area contributed by atoms with Gasteiger partial charge in [-0.15, -0.1) is 0 Å². The molecule has 0 saturated carbocycles. The first-order valence-electron chi connectivity index (χ1n) is 6.56. The minimum atomic E-state index is -0.00667. The van der Waals surface area contributed by atoms with Crippen molar-refractivity contribution in [3.63, 3.8) is 0 Å². The third kappa shape index (κ3) is 2.70. The molecule has 0 radical (unpaired) electrons. The number of likely N-dealkylation sites (tertiary alicyclic amines) is 1. The van der Waals surface area contributed by atoms with Crippen LogP contribution in [0.1, 0.15) is 24.8 Å². The van der Waals surface area contributed by atoms with Crippen LogP contribution < -0.4 is 0 Å². The topological polar surface area (TPSA) is 20.2 Å². The summed E-state index contributed by atoms with van der Waals surface area (Å²) in [6.07, 6.45) is 3.39. The van der Waals surface area contributed by atoms with Gasteiger partial charge in [-0.1, -0.05) is 30.3 Å². The van der Waals surface area contributed by atoms with E-state index in [2.05, 4.69) is 38.4 Å². The second-order valence-electron chi connectivity index (χ2n) is 6.04. The molecule has 1 aliphatic rings. The number of benzene rings is 1. The SMILES string of the molecule is C[N+]1(C)CCCC(CO)(c2ccccc2)CC1. The normalized spacial score (nSPS) is 28.6. The van der Waals surface area contributed by atoms with Gasteiger partial charge in [-0.2, -0.15) is 0 Å². The maximum absolute atomic E-state index is 9.88. The van der Waals surface area contributed by atoms with E-state index in [0.29, 0.717) is 0 Å². The summed E-state index contributed by atoms with van der Waals surface area (Å²) in [6.45, 7) is 2.64. The first-order valence-corrected chi connectivity index (χ1v) is 6.56. The van der Waals surface area contributed by atoms with Crippen molar-refractivity contribution in [1.29, 1.82) is 0 Å². The zero-order valence-electron chi connectivity index (χ0n) is 11.0. The van der Waals surface area contributed by atoms with Crippen LogP contribution >= 0.6 is 0 Å². The van der Waals surface area contributed by atoms with E-state index in [4.69, 9.17) is 0 Å². The number of hydrogen-bond acceptors (Lipinski definition) is 1. The number of nitrogens with zero attached hydrogens (tertiary/aromatic N) is 1. The van der Waals surface area contributed by atoms with Crippen molar-refractivity contribution in [1.82, 2.24) is 0 Å². The molecule has 1 N–H and O–H groups in total. The van der Waals surface area contributed by atoms with Crippen LogP contribution in [0, 0.1) is 0 Å². The maximum atomic E-state index is 9.88. The molecule has 0 aromatic heterocycles. The monoisotopic (exact) mass is 234 g/mol. The minimum absolute atomic E-state index is 0.00667. The second kappa shape index (κ2) is 4.79. The van der Waals surface area contributed by atoms with Gasteiger partial charge in [-0.05, 0) is 18.4 Å². The molecule has 2 heteroatoms. The lowest BCUT2D eigenvalue weighted by molar-refractivity contribution is -0.889. The van der Waals surface area contributed by atoms with E-state index in [1.807, 2.05) is 6.07 Å². The van der Waals surface area contributed by atoms with Gasteiger partial charge in [0.15, 0.2) is 0 Å². The van der Waals surface area contributed by atoms with Gasteiger partial charge in [-0.3, -0.25) is 0 Å². The highest BCUT2D eigenvalue weighted by Gasteiger charge is 2.36. The molecule has 2 rings (SSSR count). The average molecular weight is 234 g/mol. The fraction of sp³-hybridized carbons (Fsp3) is 0.600. The summed E-state index contributed by atoms with van der Waals surface area (Å²) in [4.78, 5) is 0. The smallest absolute Gasteiger partial charge is 0.0792 e. The number of aliphatic hydroxyl groups is 1. The molecule has 1 aromatic carbocycles. The fourth-order valence-corrected chi connectivity index (χ4v) is 2.93. The molecule has 1 fully saturated rings. The molecule has 94 valence electrons.